The monoisotopic (exact) mass is 269 g/mol. The van der Waals surface area contributed by atoms with E-state index < -0.39 is 0 Å². The molecule has 1 N–H and O–H groups in total. The zero-order valence-electron chi connectivity index (χ0n) is 11.1. The molecule has 1 atom stereocenters. The van der Waals surface area contributed by atoms with Gasteiger partial charge in [0.15, 0.2) is 11.6 Å². The molecular weight excluding hydrogens is 250 g/mol. The minimum absolute atomic E-state index is 0.192. The molecule has 0 aliphatic rings. The fourth-order valence-electron chi connectivity index (χ4n) is 1.28. The molecule has 1 unspecified atom stereocenters. The number of thioether (sulfide) groups is 1. The lowest BCUT2D eigenvalue weighted by molar-refractivity contribution is -0.133. The predicted octanol–water partition coefficient (Wildman–Crippen LogP) is 2.34. The molecule has 0 aromatic carbocycles. The molecule has 1 heterocycles. The van der Waals surface area contributed by atoms with Crippen molar-refractivity contribution < 1.29 is 9.53 Å². The maximum absolute atomic E-state index is 11.8. The van der Waals surface area contributed by atoms with Gasteiger partial charge in [0.1, 0.15) is 11.6 Å². The van der Waals surface area contributed by atoms with Crippen molar-refractivity contribution in [2.75, 3.05) is 11.1 Å². The van der Waals surface area contributed by atoms with E-state index in [0.717, 1.165) is 5.75 Å². The van der Waals surface area contributed by atoms with Crippen LogP contribution in [0.3, 0.4) is 0 Å². The Hall–Kier alpha value is -1.30. The number of hydrogen-bond acceptors (Lipinski definition) is 6. The number of nitrogens with zero attached hydrogens (tertiary/aromatic N) is 2. The van der Waals surface area contributed by atoms with E-state index in [1.807, 2.05) is 27.7 Å². The zero-order valence-corrected chi connectivity index (χ0v) is 12.0. The largest absolute Gasteiger partial charge is 0.420 e. The lowest BCUT2D eigenvalue weighted by Crippen LogP contribution is -2.22. The Morgan fingerprint density at radius 1 is 1.50 bits per heavy atom. The number of aromatic nitrogens is 2. The highest BCUT2D eigenvalue weighted by atomic mass is 32.2. The lowest BCUT2D eigenvalue weighted by atomic mass is 10.4. The fraction of sp³-hybridized carbons (Fsp3) is 0.583. The van der Waals surface area contributed by atoms with E-state index in [4.69, 9.17) is 4.74 Å². The number of esters is 1. The highest BCUT2D eigenvalue weighted by molar-refractivity contribution is 8.00. The maximum Gasteiger partial charge on any atom is 0.324 e. The zero-order chi connectivity index (χ0) is 13.5. The number of hydrogen-bond donors (Lipinski definition) is 1. The van der Waals surface area contributed by atoms with Crippen LogP contribution in [-0.4, -0.2) is 33.0 Å². The normalized spacial score (nSPS) is 12.3. The van der Waals surface area contributed by atoms with E-state index in [-0.39, 0.29) is 17.3 Å². The highest BCUT2D eigenvalue weighted by Gasteiger charge is 2.17. The molecule has 100 valence electrons. The predicted molar refractivity (Wildman–Crippen MR) is 74.0 cm³/mol. The summed E-state index contributed by atoms with van der Waals surface area (Å²) in [5.74, 6) is 1.52. The van der Waals surface area contributed by atoms with Crippen LogP contribution in [0.25, 0.3) is 0 Å². The number of rotatable bonds is 6. The van der Waals surface area contributed by atoms with Crippen molar-refractivity contribution in [3.05, 3.63) is 12.5 Å². The first-order valence-electron chi connectivity index (χ1n) is 5.94. The minimum atomic E-state index is -0.275. The molecule has 0 spiro atoms. The topological polar surface area (TPSA) is 64.1 Å². The maximum atomic E-state index is 11.8. The summed E-state index contributed by atoms with van der Waals surface area (Å²) >= 11 is 1.54. The van der Waals surface area contributed by atoms with E-state index in [2.05, 4.69) is 15.3 Å². The molecule has 0 radical (unpaired) electrons. The average Bonchev–Trinajstić information content (AvgIpc) is 2.31. The van der Waals surface area contributed by atoms with Gasteiger partial charge in [0.05, 0.1) is 6.20 Å². The molecule has 0 bridgehead atoms. The molecule has 0 amide bonds. The number of ether oxygens (including phenoxy) is 1. The van der Waals surface area contributed by atoms with Crippen LogP contribution in [0.4, 0.5) is 5.82 Å². The van der Waals surface area contributed by atoms with Crippen molar-refractivity contribution in [1.82, 2.24) is 9.97 Å². The van der Waals surface area contributed by atoms with Crippen molar-refractivity contribution in [3.8, 4) is 5.75 Å². The second-order valence-corrected chi connectivity index (χ2v) is 5.67. The summed E-state index contributed by atoms with van der Waals surface area (Å²) in [6.45, 7) is 7.81. The minimum Gasteiger partial charge on any atom is -0.420 e. The van der Waals surface area contributed by atoms with Gasteiger partial charge in [0, 0.05) is 6.04 Å². The van der Waals surface area contributed by atoms with Gasteiger partial charge in [0.25, 0.3) is 0 Å². The van der Waals surface area contributed by atoms with E-state index in [9.17, 15) is 4.79 Å². The second kappa shape index (κ2) is 7.20. The third-order valence-electron chi connectivity index (χ3n) is 2.06. The first-order chi connectivity index (χ1) is 8.54. The summed E-state index contributed by atoms with van der Waals surface area (Å²) < 4.78 is 5.31. The first kappa shape index (κ1) is 14.8. The first-order valence-corrected chi connectivity index (χ1v) is 6.99. The third kappa shape index (κ3) is 4.52. The Labute approximate surface area is 112 Å². The van der Waals surface area contributed by atoms with Crippen LogP contribution in [0.5, 0.6) is 5.75 Å². The Balaban J connectivity index is 2.74. The van der Waals surface area contributed by atoms with Crippen LogP contribution >= 0.6 is 11.8 Å². The molecular formula is C12H19N3O2S. The van der Waals surface area contributed by atoms with Crippen molar-refractivity contribution in [1.29, 1.82) is 0 Å². The van der Waals surface area contributed by atoms with Crippen molar-refractivity contribution in [2.45, 2.75) is 39.0 Å². The molecule has 6 heteroatoms. The van der Waals surface area contributed by atoms with Crippen molar-refractivity contribution in [2.24, 2.45) is 0 Å². The number of anilines is 1. The molecule has 0 saturated carbocycles. The fourth-order valence-corrected chi connectivity index (χ4v) is 1.97. The summed E-state index contributed by atoms with van der Waals surface area (Å²) in [5.41, 5.74) is 0. The summed E-state index contributed by atoms with van der Waals surface area (Å²) in [5, 5.41) is 2.92. The van der Waals surface area contributed by atoms with Crippen LogP contribution < -0.4 is 10.1 Å². The standard InChI is InChI=1S/C12H19N3O2S/c1-5-18-9(4)12(16)17-10-6-13-7-14-11(10)15-8(2)3/h6-9H,5H2,1-4H3,(H,13,14,15). The van der Waals surface area contributed by atoms with Gasteiger partial charge in [-0.2, -0.15) is 0 Å². The molecule has 18 heavy (non-hydrogen) atoms. The van der Waals surface area contributed by atoms with Gasteiger partial charge >= 0.3 is 5.97 Å². The molecule has 5 nitrogen and oxygen atoms in total. The summed E-state index contributed by atoms with van der Waals surface area (Å²) in [4.78, 5) is 19.8. The number of carbonyl (C=O) groups excluding carboxylic acids is 1. The summed E-state index contributed by atoms with van der Waals surface area (Å²) in [6.07, 6.45) is 2.92. The Bertz CT molecular complexity index is 399. The molecule has 0 fully saturated rings. The van der Waals surface area contributed by atoms with Crippen LogP contribution in [0, 0.1) is 0 Å². The van der Waals surface area contributed by atoms with Crippen molar-refractivity contribution >= 4 is 23.5 Å². The van der Waals surface area contributed by atoms with Gasteiger partial charge in [0.2, 0.25) is 0 Å². The number of carbonyl (C=O) groups is 1. The van der Waals surface area contributed by atoms with E-state index in [1.165, 1.54) is 12.5 Å². The van der Waals surface area contributed by atoms with E-state index >= 15 is 0 Å². The quantitative estimate of drug-likeness (QED) is 0.800. The second-order valence-electron chi connectivity index (χ2n) is 4.05. The Morgan fingerprint density at radius 3 is 2.83 bits per heavy atom. The molecule has 1 aromatic heterocycles. The Morgan fingerprint density at radius 2 is 2.22 bits per heavy atom. The molecule has 1 rings (SSSR count). The van der Waals surface area contributed by atoms with Crippen molar-refractivity contribution in [3.63, 3.8) is 0 Å². The molecule has 0 saturated heterocycles. The van der Waals surface area contributed by atoms with Crippen LogP contribution in [0.15, 0.2) is 12.5 Å². The highest BCUT2D eigenvalue weighted by Crippen LogP contribution is 2.22. The Kier molecular flexibility index (Phi) is 5.91. The van der Waals surface area contributed by atoms with Gasteiger partial charge in [-0.25, -0.2) is 9.97 Å². The van der Waals surface area contributed by atoms with Crippen LogP contribution in [0.1, 0.15) is 27.7 Å². The van der Waals surface area contributed by atoms with Crippen LogP contribution in [0.2, 0.25) is 0 Å². The average molecular weight is 269 g/mol. The lowest BCUT2D eigenvalue weighted by Gasteiger charge is -2.14. The summed E-state index contributed by atoms with van der Waals surface area (Å²) in [6, 6.07) is 0.208. The molecule has 0 aliphatic heterocycles. The third-order valence-corrected chi connectivity index (χ3v) is 3.09. The SMILES string of the molecule is CCSC(C)C(=O)Oc1cncnc1NC(C)C. The molecule has 1 aromatic rings. The number of nitrogens with one attached hydrogen (secondary N) is 1. The van der Waals surface area contributed by atoms with E-state index in [0.29, 0.717) is 11.6 Å². The van der Waals surface area contributed by atoms with Gasteiger partial charge in [-0.15, -0.1) is 11.8 Å². The summed E-state index contributed by atoms with van der Waals surface area (Å²) in [7, 11) is 0. The van der Waals surface area contributed by atoms with Gasteiger partial charge in [-0.1, -0.05) is 6.92 Å². The van der Waals surface area contributed by atoms with Crippen LogP contribution in [-0.2, 0) is 4.79 Å². The van der Waals surface area contributed by atoms with Gasteiger partial charge < -0.3 is 10.1 Å². The smallest absolute Gasteiger partial charge is 0.324 e. The van der Waals surface area contributed by atoms with Gasteiger partial charge in [-0.05, 0) is 26.5 Å². The van der Waals surface area contributed by atoms with Gasteiger partial charge in [-0.3, -0.25) is 4.79 Å². The molecule has 0 aliphatic carbocycles. The van der Waals surface area contributed by atoms with E-state index in [1.54, 1.807) is 11.8 Å².